The highest BCUT2D eigenvalue weighted by Gasteiger charge is 2.13. The van der Waals surface area contributed by atoms with E-state index in [-0.39, 0.29) is 5.91 Å². The molecule has 1 amide bonds. The molecule has 0 saturated carbocycles. The lowest BCUT2D eigenvalue weighted by Gasteiger charge is -2.03. The van der Waals surface area contributed by atoms with Crippen molar-refractivity contribution in [1.82, 2.24) is 19.9 Å². The summed E-state index contributed by atoms with van der Waals surface area (Å²) in [6, 6.07) is 11.1. The van der Waals surface area contributed by atoms with Crippen molar-refractivity contribution in [1.29, 1.82) is 0 Å². The summed E-state index contributed by atoms with van der Waals surface area (Å²) in [5.74, 6) is 0.566. The SMILES string of the molecule is CCNC(=O)c1ccc2c(c1)nc(Nc1nc3ccc(Cl)cc3s1)n2C. The van der Waals surface area contributed by atoms with Crippen LogP contribution in [0.1, 0.15) is 17.3 Å². The number of aryl methyl sites for hydroxylation is 1. The molecule has 0 bridgehead atoms. The summed E-state index contributed by atoms with van der Waals surface area (Å²) in [7, 11) is 1.92. The maximum atomic E-state index is 12.0. The summed E-state index contributed by atoms with van der Waals surface area (Å²) in [4.78, 5) is 21.2. The van der Waals surface area contributed by atoms with Crippen LogP contribution >= 0.6 is 22.9 Å². The van der Waals surface area contributed by atoms with E-state index in [4.69, 9.17) is 11.6 Å². The van der Waals surface area contributed by atoms with Crippen LogP contribution in [0.5, 0.6) is 0 Å². The van der Waals surface area contributed by atoms with Crippen LogP contribution < -0.4 is 10.6 Å². The number of nitrogens with one attached hydrogen (secondary N) is 2. The van der Waals surface area contributed by atoms with Crippen LogP contribution in [0.2, 0.25) is 5.02 Å². The number of nitrogens with zero attached hydrogens (tertiary/aromatic N) is 3. The summed E-state index contributed by atoms with van der Waals surface area (Å²) in [5, 5.41) is 7.49. The second kappa shape index (κ2) is 6.59. The molecule has 132 valence electrons. The average Bonchev–Trinajstić information content (AvgIpc) is 3.15. The Morgan fingerprint density at radius 3 is 2.85 bits per heavy atom. The molecule has 26 heavy (non-hydrogen) atoms. The number of benzene rings is 2. The largest absolute Gasteiger partial charge is 0.352 e. The first-order valence-electron chi connectivity index (χ1n) is 8.13. The number of imidazole rings is 1. The number of rotatable bonds is 4. The smallest absolute Gasteiger partial charge is 0.251 e. The van der Waals surface area contributed by atoms with Crippen LogP contribution in [-0.4, -0.2) is 27.0 Å². The highest BCUT2D eigenvalue weighted by atomic mass is 35.5. The van der Waals surface area contributed by atoms with Gasteiger partial charge in [0, 0.05) is 24.2 Å². The van der Waals surface area contributed by atoms with Gasteiger partial charge < -0.3 is 15.2 Å². The Hall–Kier alpha value is -2.64. The minimum atomic E-state index is -0.0994. The lowest BCUT2D eigenvalue weighted by molar-refractivity contribution is 0.0956. The number of fused-ring (bicyclic) bond motifs is 2. The van der Waals surface area contributed by atoms with Gasteiger partial charge in [0.25, 0.3) is 5.91 Å². The predicted molar refractivity (Wildman–Crippen MR) is 107 cm³/mol. The Kier molecular flexibility index (Phi) is 4.26. The zero-order valence-corrected chi connectivity index (χ0v) is 15.8. The Labute approximate surface area is 158 Å². The highest BCUT2D eigenvalue weighted by molar-refractivity contribution is 7.22. The maximum absolute atomic E-state index is 12.0. The summed E-state index contributed by atoms with van der Waals surface area (Å²) in [6.45, 7) is 2.48. The van der Waals surface area contributed by atoms with Gasteiger partial charge in [0.05, 0.1) is 21.3 Å². The molecule has 4 aromatic rings. The number of carbonyl (C=O) groups excluding carboxylic acids is 1. The molecule has 2 aromatic carbocycles. The Bertz CT molecular complexity index is 1130. The third-order valence-corrected chi connectivity index (χ3v) is 5.22. The normalized spacial score (nSPS) is 11.2. The summed E-state index contributed by atoms with van der Waals surface area (Å²) >= 11 is 7.55. The Balaban J connectivity index is 1.69. The quantitative estimate of drug-likeness (QED) is 0.548. The van der Waals surface area contributed by atoms with E-state index < -0.39 is 0 Å². The molecule has 0 radical (unpaired) electrons. The van der Waals surface area contributed by atoms with E-state index in [2.05, 4.69) is 20.6 Å². The van der Waals surface area contributed by atoms with Crippen molar-refractivity contribution in [2.45, 2.75) is 6.92 Å². The number of hydrogen-bond acceptors (Lipinski definition) is 5. The molecular weight excluding hydrogens is 370 g/mol. The van der Waals surface area contributed by atoms with E-state index >= 15 is 0 Å². The van der Waals surface area contributed by atoms with Gasteiger partial charge in [0.2, 0.25) is 5.95 Å². The summed E-state index contributed by atoms with van der Waals surface area (Å²) < 4.78 is 2.95. The predicted octanol–water partition coefficient (Wildman–Crippen LogP) is 4.33. The molecule has 2 N–H and O–H groups in total. The molecule has 0 fully saturated rings. The fourth-order valence-electron chi connectivity index (χ4n) is 2.76. The number of anilines is 2. The first kappa shape index (κ1) is 16.8. The summed E-state index contributed by atoms with van der Waals surface area (Å²) in [6.07, 6.45) is 0. The van der Waals surface area contributed by atoms with Crippen molar-refractivity contribution in [2.24, 2.45) is 7.05 Å². The molecule has 4 rings (SSSR count). The topological polar surface area (TPSA) is 71.8 Å². The van der Waals surface area contributed by atoms with Gasteiger partial charge in [-0.25, -0.2) is 9.97 Å². The van der Waals surface area contributed by atoms with Gasteiger partial charge in [0.1, 0.15) is 0 Å². The van der Waals surface area contributed by atoms with Gasteiger partial charge >= 0.3 is 0 Å². The minimum Gasteiger partial charge on any atom is -0.352 e. The Morgan fingerprint density at radius 1 is 1.19 bits per heavy atom. The van der Waals surface area contributed by atoms with Crippen LogP contribution in [0.4, 0.5) is 11.1 Å². The van der Waals surface area contributed by atoms with Gasteiger partial charge in [-0.3, -0.25) is 4.79 Å². The number of thiazole rings is 1. The monoisotopic (exact) mass is 385 g/mol. The first-order chi connectivity index (χ1) is 12.5. The van der Waals surface area contributed by atoms with Crippen molar-refractivity contribution >= 4 is 61.2 Å². The van der Waals surface area contributed by atoms with Crippen LogP contribution in [0.25, 0.3) is 21.3 Å². The zero-order valence-electron chi connectivity index (χ0n) is 14.2. The zero-order chi connectivity index (χ0) is 18.3. The molecule has 0 aliphatic carbocycles. The van der Waals surface area contributed by atoms with Gasteiger partial charge in [0.15, 0.2) is 5.13 Å². The van der Waals surface area contributed by atoms with E-state index in [9.17, 15) is 4.79 Å². The molecule has 6 nitrogen and oxygen atoms in total. The van der Waals surface area contributed by atoms with E-state index in [0.29, 0.717) is 23.1 Å². The van der Waals surface area contributed by atoms with Crippen molar-refractivity contribution in [3.8, 4) is 0 Å². The van der Waals surface area contributed by atoms with Crippen molar-refractivity contribution in [3.63, 3.8) is 0 Å². The second-order valence-corrected chi connectivity index (χ2v) is 7.28. The molecular formula is C18H16ClN5OS. The fourth-order valence-corrected chi connectivity index (χ4v) is 3.90. The van der Waals surface area contributed by atoms with Crippen LogP contribution in [0, 0.1) is 0 Å². The average molecular weight is 386 g/mol. The van der Waals surface area contributed by atoms with Crippen molar-refractivity contribution < 1.29 is 4.79 Å². The molecule has 0 saturated heterocycles. The number of amides is 1. The fraction of sp³-hybridized carbons (Fsp3) is 0.167. The van der Waals surface area contributed by atoms with Crippen molar-refractivity contribution in [2.75, 3.05) is 11.9 Å². The molecule has 0 spiro atoms. The number of aromatic nitrogens is 3. The van der Waals surface area contributed by atoms with Gasteiger partial charge in [-0.15, -0.1) is 0 Å². The maximum Gasteiger partial charge on any atom is 0.251 e. The molecule has 2 aromatic heterocycles. The van der Waals surface area contributed by atoms with E-state index in [1.54, 1.807) is 12.1 Å². The molecule has 0 aliphatic rings. The minimum absolute atomic E-state index is 0.0994. The molecule has 0 unspecified atom stereocenters. The van der Waals surface area contributed by atoms with E-state index in [1.165, 1.54) is 11.3 Å². The van der Waals surface area contributed by atoms with Gasteiger partial charge in [-0.1, -0.05) is 22.9 Å². The number of hydrogen-bond donors (Lipinski definition) is 2. The van der Waals surface area contributed by atoms with Crippen LogP contribution in [0.15, 0.2) is 36.4 Å². The van der Waals surface area contributed by atoms with Gasteiger partial charge in [-0.2, -0.15) is 0 Å². The third-order valence-electron chi connectivity index (χ3n) is 4.05. The second-order valence-electron chi connectivity index (χ2n) is 5.81. The lowest BCUT2D eigenvalue weighted by Crippen LogP contribution is -2.22. The van der Waals surface area contributed by atoms with Crippen molar-refractivity contribution in [3.05, 3.63) is 47.0 Å². The number of carbonyl (C=O) groups is 1. The molecule has 0 aliphatic heterocycles. The highest BCUT2D eigenvalue weighted by Crippen LogP contribution is 2.30. The third kappa shape index (κ3) is 3.00. The standard InChI is InChI=1S/C18H16ClN5OS/c1-3-20-16(25)10-4-7-14-13(8-10)21-17(24(14)2)23-18-22-12-6-5-11(19)9-15(12)26-18/h4-9H,3H2,1-2H3,(H,20,25)(H,21,22,23). The van der Waals surface area contributed by atoms with Crippen LogP contribution in [0.3, 0.4) is 0 Å². The first-order valence-corrected chi connectivity index (χ1v) is 9.32. The lowest BCUT2D eigenvalue weighted by atomic mass is 10.2. The Morgan fingerprint density at radius 2 is 2.04 bits per heavy atom. The molecule has 0 atom stereocenters. The van der Waals surface area contributed by atoms with Gasteiger partial charge in [-0.05, 0) is 43.3 Å². The number of halogens is 1. The molecule has 2 heterocycles. The molecule has 8 heteroatoms. The van der Waals surface area contributed by atoms with E-state index in [1.807, 2.05) is 42.8 Å². The summed E-state index contributed by atoms with van der Waals surface area (Å²) in [5.41, 5.74) is 3.17. The van der Waals surface area contributed by atoms with Crippen LogP contribution in [-0.2, 0) is 7.05 Å². The van der Waals surface area contributed by atoms with E-state index in [0.717, 1.165) is 26.4 Å².